The molecule has 0 aromatic heterocycles. The van der Waals surface area contributed by atoms with E-state index in [9.17, 15) is 0 Å². The summed E-state index contributed by atoms with van der Waals surface area (Å²) in [6.07, 6.45) is 1.13. The van der Waals surface area contributed by atoms with Crippen molar-refractivity contribution in [1.29, 1.82) is 0 Å². The number of benzene rings is 2. The first-order valence-electron chi connectivity index (χ1n) is 8.60. The zero-order valence-corrected chi connectivity index (χ0v) is 15.0. The van der Waals surface area contributed by atoms with Crippen molar-refractivity contribution in [1.82, 2.24) is 5.32 Å². The molecule has 5 nitrogen and oxygen atoms in total. The first kappa shape index (κ1) is 17.1. The highest BCUT2D eigenvalue weighted by molar-refractivity contribution is 5.94. The standard InChI is InChI=1S/C20H25N3O2/c1-4-21-20(22-15-10-11-18(24-2)19(12-15)25-3)23-17-13-16(17)14-8-6-5-7-9-14/h5-12,16-17H,4,13H2,1-3H3,(H2,21,22,23). The maximum Gasteiger partial charge on any atom is 0.196 e. The summed E-state index contributed by atoms with van der Waals surface area (Å²) in [6.45, 7) is 2.74. The van der Waals surface area contributed by atoms with Crippen molar-refractivity contribution in [3.05, 3.63) is 54.1 Å². The summed E-state index contributed by atoms with van der Waals surface area (Å²) in [6, 6.07) is 16.8. The van der Waals surface area contributed by atoms with E-state index in [0.717, 1.165) is 18.1 Å². The third-order valence-corrected chi connectivity index (χ3v) is 4.30. The molecular weight excluding hydrogens is 314 g/mol. The van der Waals surface area contributed by atoms with Crippen LogP contribution in [0.4, 0.5) is 5.69 Å². The van der Waals surface area contributed by atoms with E-state index in [2.05, 4.69) is 46.0 Å². The first-order valence-corrected chi connectivity index (χ1v) is 8.60. The van der Waals surface area contributed by atoms with E-state index in [1.54, 1.807) is 14.2 Å². The minimum absolute atomic E-state index is 0.417. The van der Waals surface area contributed by atoms with Crippen LogP contribution in [0.1, 0.15) is 24.8 Å². The van der Waals surface area contributed by atoms with E-state index in [1.807, 2.05) is 25.1 Å². The Kier molecular flexibility index (Phi) is 5.43. The Morgan fingerprint density at radius 3 is 2.52 bits per heavy atom. The summed E-state index contributed by atoms with van der Waals surface area (Å²) < 4.78 is 10.6. The van der Waals surface area contributed by atoms with Gasteiger partial charge in [0, 0.05) is 30.3 Å². The summed E-state index contributed by atoms with van der Waals surface area (Å²) in [5, 5.41) is 6.87. The predicted octanol–water partition coefficient (Wildman–Crippen LogP) is 3.64. The third kappa shape index (κ3) is 4.24. The number of ether oxygens (including phenoxy) is 2. The number of hydrogen-bond donors (Lipinski definition) is 2. The molecule has 0 heterocycles. The van der Waals surface area contributed by atoms with E-state index in [4.69, 9.17) is 9.47 Å². The summed E-state index contributed by atoms with van der Waals surface area (Å²) in [4.78, 5) is 4.55. The molecule has 2 atom stereocenters. The van der Waals surface area contributed by atoms with Crippen LogP contribution in [-0.4, -0.2) is 32.8 Å². The topological polar surface area (TPSA) is 54.9 Å². The monoisotopic (exact) mass is 339 g/mol. The molecule has 1 aliphatic carbocycles. The van der Waals surface area contributed by atoms with Crippen LogP contribution in [0.15, 0.2) is 53.5 Å². The fourth-order valence-corrected chi connectivity index (χ4v) is 2.93. The normalized spacial score (nSPS) is 19.2. The van der Waals surface area contributed by atoms with Crippen molar-refractivity contribution in [3.63, 3.8) is 0 Å². The lowest BCUT2D eigenvalue weighted by Gasteiger charge is -2.14. The van der Waals surface area contributed by atoms with E-state index in [1.165, 1.54) is 5.56 Å². The van der Waals surface area contributed by atoms with Crippen LogP contribution in [0.25, 0.3) is 0 Å². The Morgan fingerprint density at radius 1 is 1.08 bits per heavy atom. The summed E-state index contributed by atoms with van der Waals surface area (Å²) in [5.41, 5.74) is 2.29. The zero-order valence-electron chi connectivity index (χ0n) is 15.0. The molecule has 25 heavy (non-hydrogen) atoms. The molecule has 2 unspecified atom stereocenters. The Morgan fingerprint density at radius 2 is 1.84 bits per heavy atom. The molecule has 1 fully saturated rings. The van der Waals surface area contributed by atoms with Crippen molar-refractivity contribution in [2.24, 2.45) is 4.99 Å². The van der Waals surface area contributed by atoms with Gasteiger partial charge in [0.25, 0.3) is 0 Å². The molecule has 0 spiro atoms. The molecule has 132 valence electrons. The zero-order chi connectivity index (χ0) is 17.6. The van der Waals surface area contributed by atoms with E-state index >= 15 is 0 Å². The molecular formula is C20H25N3O2. The van der Waals surface area contributed by atoms with E-state index in [-0.39, 0.29) is 0 Å². The van der Waals surface area contributed by atoms with Gasteiger partial charge < -0.3 is 20.1 Å². The Hall–Kier alpha value is -2.69. The van der Waals surface area contributed by atoms with Gasteiger partial charge in [-0.15, -0.1) is 0 Å². The van der Waals surface area contributed by atoms with Gasteiger partial charge in [-0.3, -0.25) is 4.99 Å². The molecule has 0 aliphatic heterocycles. The Labute approximate surface area is 149 Å². The highest BCUT2D eigenvalue weighted by atomic mass is 16.5. The van der Waals surface area contributed by atoms with Crippen molar-refractivity contribution in [2.45, 2.75) is 25.3 Å². The minimum atomic E-state index is 0.417. The number of rotatable bonds is 6. The molecule has 1 saturated carbocycles. The summed E-state index contributed by atoms with van der Waals surface area (Å²) in [7, 11) is 3.27. The molecule has 1 aliphatic rings. The first-order chi connectivity index (χ1) is 12.2. The smallest absolute Gasteiger partial charge is 0.196 e. The average molecular weight is 339 g/mol. The van der Waals surface area contributed by atoms with Gasteiger partial charge >= 0.3 is 0 Å². The molecule has 2 aromatic carbocycles. The highest BCUT2D eigenvalue weighted by Gasteiger charge is 2.38. The molecule has 5 heteroatoms. The van der Waals surface area contributed by atoms with Crippen LogP contribution in [0.5, 0.6) is 11.5 Å². The van der Waals surface area contributed by atoms with Crippen LogP contribution in [0.3, 0.4) is 0 Å². The van der Waals surface area contributed by atoms with Gasteiger partial charge in [-0.05, 0) is 31.0 Å². The van der Waals surface area contributed by atoms with Gasteiger partial charge in [0.05, 0.1) is 14.2 Å². The van der Waals surface area contributed by atoms with E-state index in [0.29, 0.717) is 30.0 Å². The number of anilines is 1. The van der Waals surface area contributed by atoms with Crippen LogP contribution in [0.2, 0.25) is 0 Å². The maximum atomic E-state index is 5.36. The quantitative estimate of drug-likeness (QED) is 0.623. The predicted molar refractivity (Wildman–Crippen MR) is 102 cm³/mol. The SMILES string of the molecule is CCN=C(Nc1ccc(OC)c(OC)c1)NC1CC1c1ccccc1. The van der Waals surface area contributed by atoms with Crippen molar-refractivity contribution in [3.8, 4) is 11.5 Å². The highest BCUT2D eigenvalue weighted by Crippen LogP contribution is 2.40. The van der Waals surface area contributed by atoms with Gasteiger partial charge in [0.1, 0.15) is 0 Å². The third-order valence-electron chi connectivity index (χ3n) is 4.30. The van der Waals surface area contributed by atoms with Gasteiger partial charge in [-0.1, -0.05) is 30.3 Å². The van der Waals surface area contributed by atoms with Gasteiger partial charge in [-0.2, -0.15) is 0 Å². The molecule has 0 radical (unpaired) electrons. The lowest BCUT2D eigenvalue weighted by Crippen LogP contribution is -2.33. The average Bonchev–Trinajstić information content (AvgIpc) is 3.41. The Balaban J connectivity index is 1.66. The number of guanidine groups is 1. The molecule has 3 rings (SSSR count). The van der Waals surface area contributed by atoms with E-state index < -0.39 is 0 Å². The van der Waals surface area contributed by atoms with Crippen molar-refractivity contribution >= 4 is 11.6 Å². The second-order valence-corrected chi connectivity index (χ2v) is 6.02. The number of methoxy groups -OCH3 is 2. The van der Waals surface area contributed by atoms with Gasteiger partial charge in [-0.25, -0.2) is 0 Å². The molecule has 2 N–H and O–H groups in total. The minimum Gasteiger partial charge on any atom is -0.493 e. The van der Waals surface area contributed by atoms with Crippen LogP contribution < -0.4 is 20.1 Å². The lowest BCUT2D eigenvalue weighted by atomic mass is 10.1. The number of nitrogens with zero attached hydrogens (tertiary/aromatic N) is 1. The fourth-order valence-electron chi connectivity index (χ4n) is 2.93. The van der Waals surface area contributed by atoms with Gasteiger partial charge in [0.15, 0.2) is 17.5 Å². The molecule has 2 aromatic rings. The van der Waals surface area contributed by atoms with Crippen LogP contribution in [0, 0.1) is 0 Å². The molecule has 0 bridgehead atoms. The Bertz CT molecular complexity index is 731. The van der Waals surface area contributed by atoms with Crippen LogP contribution in [-0.2, 0) is 0 Å². The van der Waals surface area contributed by atoms with Gasteiger partial charge in [0.2, 0.25) is 0 Å². The number of hydrogen-bond acceptors (Lipinski definition) is 3. The maximum absolute atomic E-state index is 5.36. The lowest BCUT2D eigenvalue weighted by molar-refractivity contribution is 0.355. The van der Waals surface area contributed by atoms with Crippen LogP contribution >= 0.6 is 0 Å². The number of aliphatic imine (C=N–C) groups is 1. The number of nitrogens with one attached hydrogen (secondary N) is 2. The summed E-state index contributed by atoms with van der Waals surface area (Å²) in [5.74, 6) is 2.74. The second-order valence-electron chi connectivity index (χ2n) is 6.02. The van der Waals surface area contributed by atoms with Crippen molar-refractivity contribution < 1.29 is 9.47 Å². The molecule has 0 amide bonds. The summed E-state index contributed by atoms with van der Waals surface area (Å²) >= 11 is 0. The van der Waals surface area contributed by atoms with Crippen molar-refractivity contribution in [2.75, 3.05) is 26.1 Å². The fraction of sp³-hybridized carbons (Fsp3) is 0.350. The largest absolute Gasteiger partial charge is 0.493 e. The molecule has 0 saturated heterocycles. The second kappa shape index (κ2) is 7.92.